The highest BCUT2D eigenvalue weighted by atomic mass is 35.5. The molecule has 2 N–H and O–H groups in total. The summed E-state index contributed by atoms with van der Waals surface area (Å²) in [7, 11) is 0. The molecule has 1 aliphatic carbocycles. The molecule has 1 heterocycles. The van der Waals surface area contributed by atoms with Crippen LogP contribution in [0.3, 0.4) is 0 Å². The van der Waals surface area contributed by atoms with Crippen LogP contribution in [-0.4, -0.2) is 16.9 Å². The van der Waals surface area contributed by atoms with Crippen molar-refractivity contribution in [2.24, 2.45) is 0 Å². The zero-order valence-electron chi connectivity index (χ0n) is 12.8. The third-order valence-electron chi connectivity index (χ3n) is 3.94. The highest BCUT2D eigenvalue weighted by Gasteiger charge is 2.16. The molecule has 1 saturated carbocycles. The molecule has 0 radical (unpaired) electrons. The summed E-state index contributed by atoms with van der Waals surface area (Å²) in [6.07, 6.45) is 6.26. The van der Waals surface area contributed by atoms with Crippen molar-refractivity contribution in [2.45, 2.75) is 44.6 Å². The number of nitrogens with zero attached hydrogens (tertiary/aromatic N) is 1. The van der Waals surface area contributed by atoms with Gasteiger partial charge in [0, 0.05) is 22.1 Å². The molecule has 1 aromatic heterocycles. The van der Waals surface area contributed by atoms with Gasteiger partial charge in [0.1, 0.15) is 0 Å². The predicted molar refractivity (Wildman–Crippen MR) is 95.6 cm³/mol. The number of halogens is 1. The lowest BCUT2D eigenvalue weighted by Gasteiger charge is -2.22. The van der Waals surface area contributed by atoms with Crippen LogP contribution in [-0.2, 0) is 11.2 Å². The van der Waals surface area contributed by atoms with E-state index in [4.69, 9.17) is 11.6 Å². The van der Waals surface area contributed by atoms with Gasteiger partial charge in [-0.3, -0.25) is 4.79 Å². The van der Waals surface area contributed by atoms with Crippen LogP contribution in [0.1, 0.15) is 37.8 Å². The molecule has 23 heavy (non-hydrogen) atoms. The standard InChI is InChI=1S/C17H20ClN3OS/c18-12-5-4-8-14(9-12)20-17-21-15(11-23-17)10-16(22)19-13-6-2-1-3-7-13/h4-5,8-9,11,13H,1-3,6-7,10H2,(H,19,22)(H,20,21). The Kier molecular flexibility index (Phi) is 5.51. The van der Waals surface area contributed by atoms with Crippen molar-refractivity contribution >= 4 is 39.7 Å². The van der Waals surface area contributed by atoms with Crippen molar-refractivity contribution in [3.8, 4) is 0 Å². The number of amides is 1. The molecule has 122 valence electrons. The second-order valence-corrected chi connectivity index (χ2v) is 7.15. The SMILES string of the molecule is O=C(Cc1csc(Nc2cccc(Cl)c2)n1)NC1CCCCC1. The van der Waals surface area contributed by atoms with Gasteiger partial charge in [-0.05, 0) is 31.0 Å². The number of nitrogens with one attached hydrogen (secondary N) is 2. The van der Waals surface area contributed by atoms with Crippen LogP contribution in [0.2, 0.25) is 5.02 Å². The van der Waals surface area contributed by atoms with E-state index >= 15 is 0 Å². The van der Waals surface area contributed by atoms with E-state index in [0.29, 0.717) is 17.5 Å². The van der Waals surface area contributed by atoms with E-state index in [1.165, 1.54) is 30.6 Å². The Morgan fingerprint density at radius 2 is 2.13 bits per heavy atom. The number of rotatable bonds is 5. The van der Waals surface area contributed by atoms with E-state index in [1.54, 1.807) is 0 Å². The quantitative estimate of drug-likeness (QED) is 0.833. The second-order valence-electron chi connectivity index (χ2n) is 5.86. The normalized spacial score (nSPS) is 15.3. The summed E-state index contributed by atoms with van der Waals surface area (Å²) in [5.41, 5.74) is 1.69. The van der Waals surface area contributed by atoms with E-state index in [-0.39, 0.29) is 5.91 Å². The molecule has 4 nitrogen and oxygen atoms in total. The van der Waals surface area contributed by atoms with Crippen molar-refractivity contribution in [2.75, 3.05) is 5.32 Å². The van der Waals surface area contributed by atoms with Crippen LogP contribution >= 0.6 is 22.9 Å². The number of carbonyl (C=O) groups excluding carboxylic acids is 1. The average molecular weight is 350 g/mol. The Balaban J connectivity index is 1.53. The summed E-state index contributed by atoms with van der Waals surface area (Å²) >= 11 is 7.46. The minimum atomic E-state index is 0.0662. The van der Waals surface area contributed by atoms with Gasteiger partial charge in [-0.1, -0.05) is 36.9 Å². The fourth-order valence-corrected chi connectivity index (χ4v) is 3.75. The van der Waals surface area contributed by atoms with Crippen molar-refractivity contribution < 1.29 is 4.79 Å². The van der Waals surface area contributed by atoms with Crippen LogP contribution in [0.5, 0.6) is 0 Å². The average Bonchev–Trinajstić information content (AvgIpc) is 2.95. The molecule has 2 aromatic rings. The molecule has 0 atom stereocenters. The lowest BCUT2D eigenvalue weighted by molar-refractivity contribution is -0.121. The molecular formula is C17H20ClN3OS. The molecule has 1 fully saturated rings. The number of aromatic nitrogens is 1. The fraction of sp³-hybridized carbons (Fsp3) is 0.412. The maximum Gasteiger partial charge on any atom is 0.226 e. The lowest BCUT2D eigenvalue weighted by Crippen LogP contribution is -2.37. The van der Waals surface area contributed by atoms with Gasteiger partial charge in [0.2, 0.25) is 5.91 Å². The van der Waals surface area contributed by atoms with E-state index in [1.807, 2.05) is 29.6 Å². The number of hydrogen-bond donors (Lipinski definition) is 2. The predicted octanol–water partition coefficient (Wildman–Crippen LogP) is 4.53. The van der Waals surface area contributed by atoms with E-state index < -0.39 is 0 Å². The molecule has 3 rings (SSSR count). The third-order valence-corrected chi connectivity index (χ3v) is 4.98. The van der Waals surface area contributed by atoms with Gasteiger partial charge in [0.25, 0.3) is 0 Å². The van der Waals surface area contributed by atoms with Gasteiger partial charge in [0.05, 0.1) is 12.1 Å². The smallest absolute Gasteiger partial charge is 0.226 e. The maximum atomic E-state index is 12.1. The summed E-state index contributed by atoms with van der Waals surface area (Å²) in [4.78, 5) is 16.6. The Morgan fingerprint density at radius 1 is 1.30 bits per heavy atom. The lowest BCUT2D eigenvalue weighted by atomic mass is 9.95. The van der Waals surface area contributed by atoms with Crippen LogP contribution in [0.4, 0.5) is 10.8 Å². The first kappa shape index (κ1) is 16.3. The summed E-state index contributed by atoms with van der Waals surface area (Å²) in [6, 6.07) is 7.84. The molecule has 0 aliphatic heterocycles. The van der Waals surface area contributed by atoms with Crippen LogP contribution in [0, 0.1) is 0 Å². The van der Waals surface area contributed by atoms with Gasteiger partial charge in [-0.2, -0.15) is 0 Å². The molecule has 1 amide bonds. The van der Waals surface area contributed by atoms with Crippen molar-refractivity contribution in [1.29, 1.82) is 0 Å². The molecule has 6 heteroatoms. The van der Waals surface area contributed by atoms with Gasteiger partial charge >= 0.3 is 0 Å². The van der Waals surface area contributed by atoms with Gasteiger partial charge in [-0.15, -0.1) is 11.3 Å². The Bertz CT molecular complexity index is 667. The number of carbonyl (C=O) groups is 1. The molecule has 1 aromatic carbocycles. The first-order valence-electron chi connectivity index (χ1n) is 7.95. The van der Waals surface area contributed by atoms with Crippen molar-refractivity contribution in [1.82, 2.24) is 10.3 Å². The first-order valence-corrected chi connectivity index (χ1v) is 9.21. The minimum absolute atomic E-state index is 0.0662. The Hall–Kier alpha value is -1.59. The number of anilines is 2. The summed E-state index contributed by atoms with van der Waals surface area (Å²) in [5, 5.41) is 9.71. The zero-order chi connectivity index (χ0) is 16.1. The maximum absolute atomic E-state index is 12.1. The second kappa shape index (κ2) is 7.79. The highest BCUT2D eigenvalue weighted by Crippen LogP contribution is 2.23. The van der Waals surface area contributed by atoms with Crippen molar-refractivity contribution in [3.05, 3.63) is 40.4 Å². The first-order chi connectivity index (χ1) is 11.2. The van der Waals surface area contributed by atoms with Gasteiger partial charge in [0.15, 0.2) is 5.13 Å². The molecular weight excluding hydrogens is 330 g/mol. The van der Waals surface area contributed by atoms with E-state index in [9.17, 15) is 4.79 Å². The third kappa shape index (κ3) is 4.94. The van der Waals surface area contributed by atoms with E-state index in [2.05, 4.69) is 15.6 Å². The number of thiazole rings is 1. The Labute approximate surface area is 145 Å². The van der Waals surface area contributed by atoms with Crippen LogP contribution in [0.15, 0.2) is 29.6 Å². The molecule has 0 unspecified atom stereocenters. The van der Waals surface area contributed by atoms with Gasteiger partial charge in [-0.25, -0.2) is 4.98 Å². The number of hydrogen-bond acceptors (Lipinski definition) is 4. The van der Waals surface area contributed by atoms with Crippen LogP contribution < -0.4 is 10.6 Å². The molecule has 0 saturated heterocycles. The molecule has 1 aliphatic rings. The minimum Gasteiger partial charge on any atom is -0.353 e. The fourth-order valence-electron chi connectivity index (χ4n) is 2.83. The van der Waals surface area contributed by atoms with Crippen molar-refractivity contribution in [3.63, 3.8) is 0 Å². The Morgan fingerprint density at radius 3 is 2.91 bits per heavy atom. The van der Waals surface area contributed by atoms with Crippen LogP contribution in [0.25, 0.3) is 0 Å². The largest absolute Gasteiger partial charge is 0.353 e. The van der Waals surface area contributed by atoms with Gasteiger partial charge < -0.3 is 10.6 Å². The monoisotopic (exact) mass is 349 g/mol. The molecule has 0 spiro atoms. The topological polar surface area (TPSA) is 54.0 Å². The van der Waals surface area contributed by atoms with E-state index in [0.717, 1.165) is 29.4 Å². The zero-order valence-corrected chi connectivity index (χ0v) is 14.4. The summed E-state index contributed by atoms with van der Waals surface area (Å²) in [6.45, 7) is 0. The molecule has 0 bridgehead atoms. The highest BCUT2D eigenvalue weighted by molar-refractivity contribution is 7.13. The summed E-state index contributed by atoms with van der Waals surface area (Å²) < 4.78 is 0. The number of benzene rings is 1. The summed E-state index contributed by atoms with van der Waals surface area (Å²) in [5.74, 6) is 0.0662.